The van der Waals surface area contributed by atoms with E-state index in [1.54, 1.807) is 0 Å². The third-order valence-corrected chi connectivity index (χ3v) is 5.57. The van der Waals surface area contributed by atoms with E-state index in [9.17, 15) is 25.2 Å². The van der Waals surface area contributed by atoms with Crippen LogP contribution in [0.1, 0.15) is 6.23 Å². The molecular weight excluding hydrogens is 400 g/mol. The number of fused-ring (bicyclic) bond motifs is 1. The molecule has 2 aromatic heterocycles. The summed E-state index contributed by atoms with van der Waals surface area (Å²) in [6.45, 7) is 1.74. The van der Waals surface area contributed by atoms with Gasteiger partial charge in [0.05, 0.1) is 25.6 Å². The maximum Gasteiger partial charge on any atom is 0.278 e. The van der Waals surface area contributed by atoms with Crippen LogP contribution in [0.15, 0.2) is 11.1 Å². The molecule has 166 valence electrons. The van der Waals surface area contributed by atoms with Crippen LogP contribution in [0, 0.1) is 0 Å². The summed E-state index contributed by atoms with van der Waals surface area (Å²) in [4.78, 5) is 27.3. The van der Waals surface area contributed by atoms with Gasteiger partial charge in [0.25, 0.3) is 5.56 Å². The van der Waals surface area contributed by atoms with Crippen LogP contribution < -0.4 is 10.5 Å². The minimum atomic E-state index is -1.35. The molecule has 2 saturated heterocycles. The molecular formula is C17H26N6O7. The fraction of sp³-hybridized carbons (Fsp3) is 0.706. The Hall–Kier alpha value is -2.13. The van der Waals surface area contributed by atoms with Crippen LogP contribution in [-0.2, 0) is 4.74 Å². The number of aromatic amines is 1. The number of anilines is 1. The molecule has 2 fully saturated rings. The van der Waals surface area contributed by atoms with E-state index in [0.29, 0.717) is 38.7 Å². The Bertz CT molecular complexity index is 927. The summed E-state index contributed by atoms with van der Waals surface area (Å²) >= 11 is 0. The number of ether oxygens (including phenoxy) is 1. The van der Waals surface area contributed by atoms with Gasteiger partial charge in [0, 0.05) is 32.7 Å². The molecule has 0 saturated carbocycles. The first-order valence-corrected chi connectivity index (χ1v) is 9.79. The van der Waals surface area contributed by atoms with Crippen LogP contribution >= 0.6 is 0 Å². The van der Waals surface area contributed by atoms with E-state index in [4.69, 9.17) is 9.84 Å². The zero-order valence-corrected chi connectivity index (χ0v) is 16.2. The number of imidazole rings is 1. The molecule has 0 aliphatic carbocycles. The van der Waals surface area contributed by atoms with Gasteiger partial charge >= 0.3 is 0 Å². The highest BCUT2D eigenvalue weighted by atomic mass is 16.6. The van der Waals surface area contributed by atoms with Crippen molar-refractivity contribution in [3.63, 3.8) is 0 Å². The van der Waals surface area contributed by atoms with Gasteiger partial charge in [-0.15, -0.1) is 0 Å². The molecule has 0 unspecified atom stereocenters. The van der Waals surface area contributed by atoms with Crippen molar-refractivity contribution < 1.29 is 30.3 Å². The number of piperazine rings is 1. The Morgan fingerprint density at radius 2 is 1.93 bits per heavy atom. The summed E-state index contributed by atoms with van der Waals surface area (Å²) in [5.74, 6) is 0.353. The van der Waals surface area contributed by atoms with Crippen LogP contribution in [0.5, 0.6) is 0 Å². The first kappa shape index (κ1) is 21.1. The third kappa shape index (κ3) is 3.69. The summed E-state index contributed by atoms with van der Waals surface area (Å²) < 4.78 is 7.15. The van der Waals surface area contributed by atoms with Gasteiger partial charge in [-0.2, -0.15) is 0 Å². The molecule has 0 amide bonds. The minimum Gasteiger partial charge on any atom is -0.394 e. The van der Waals surface area contributed by atoms with Gasteiger partial charge in [-0.25, -0.2) is 9.97 Å². The van der Waals surface area contributed by atoms with Gasteiger partial charge in [0.1, 0.15) is 18.3 Å². The minimum absolute atomic E-state index is 0.0726. The molecule has 0 spiro atoms. The average molecular weight is 426 g/mol. The van der Waals surface area contributed by atoms with Gasteiger partial charge < -0.3 is 40.2 Å². The van der Waals surface area contributed by atoms with Crippen molar-refractivity contribution in [3.05, 3.63) is 16.7 Å². The molecule has 2 aromatic rings. The lowest BCUT2D eigenvalue weighted by Crippen LogP contribution is -2.50. The highest BCUT2D eigenvalue weighted by molar-refractivity contribution is 5.74. The molecule has 4 rings (SSSR count). The Balaban J connectivity index is 1.67. The molecule has 0 radical (unpaired) electrons. The molecule has 13 heteroatoms. The van der Waals surface area contributed by atoms with Gasteiger partial charge in [0.2, 0.25) is 5.95 Å². The smallest absolute Gasteiger partial charge is 0.278 e. The number of aromatic nitrogens is 4. The van der Waals surface area contributed by atoms with Crippen LogP contribution in [0.25, 0.3) is 11.2 Å². The molecule has 2 aliphatic rings. The second kappa shape index (κ2) is 8.55. The van der Waals surface area contributed by atoms with Crippen LogP contribution in [-0.4, -0.2) is 120 Å². The van der Waals surface area contributed by atoms with Crippen molar-refractivity contribution in [1.82, 2.24) is 24.4 Å². The lowest BCUT2D eigenvalue weighted by atomic mass is 10.1. The topological polar surface area (TPSA) is 180 Å². The first-order valence-electron chi connectivity index (χ1n) is 9.79. The summed E-state index contributed by atoms with van der Waals surface area (Å²) in [5.41, 5.74) is -0.179. The van der Waals surface area contributed by atoms with Gasteiger partial charge in [-0.05, 0) is 0 Å². The number of rotatable bonds is 6. The maximum atomic E-state index is 12.3. The standard InChI is InChI=1S/C17H26N6O7/c24-6-9(26)5-21-1-3-22(4-2-21)17-20-11-14(18-8-19-15(11)29)23(17)16-13(28)12(27)10(7-25)30-16/h8-10,12-13,16,24-28H,1-7H2,(H,18,19,29)/t9-,10-,12-,13-,16-/m1/s1. The molecule has 5 atom stereocenters. The zero-order valence-electron chi connectivity index (χ0n) is 16.2. The SMILES string of the molecule is O=c1[nH]cnc2c1nc(N1CCN(C[C@@H](O)CO)CC1)n2[C@@H]1O[C@H](CO)[C@@H](O)[C@H]1O. The van der Waals surface area contributed by atoms with E-state index in [1.807, 2.05) is 9.80 Å². The first-order chi connectivity index (χ1) is 14.4. The van der Waals surface area contributed by atoms with Crippen molar-refractivity contribution in [2.24, 2.45) is 0 Å². The van der Waals surface area contributed by atoms with E-state index in [0.717, 1.165) is 0 Å². The van der Waals surface area contributed by atoms with E-state index >= 15 is 0 Å². The molecule has 13 nitrogen and oxygen atoms in total. The number of aliphatic hydroxyl groups is 5. The highest BCUT2D eigenvalue weighted by Crippen LogP contribution is 2.35. The quantitative estimate of drug-likeness (QED) is 0.267. The molecule has 2 aliphatic heterocycles. The Labute approximate surface area is 170 Å². The number of H-pyrrole nitrogens is 1. The highest BCUT2D eigenvalue weighted by Gasteiger charge is 2.45. The molecule has 4 heterocycles. The van der Waals surface area contributed by atoms with Crippen molar-refractivity contribution in [2.75, 3.05) is 50.8 Å². The van der Waals surface area contributed by atoms with Crippen molar-refractivity contribution >= 4 is 17.1 Å². The largest absolute Gasteiger partial charge is 0.394 e. The number of nitrogens with one attached hydrogen (secondary N) is 1. The second-order valence-electron chi connectivity index (χ2n) is 7.54. The number of hydrogen-bond donors (Lipinski definition) is 6. The Kier molecular flexibility index (Phi) is 6.02. The van der Waals surface area contributed by atoms with E-state index in [2.05, 4.69) is 15.0 Å². The van der Waals surface area contributed by atoms with Crippen LogP contribution in [0.2, 0.25) is 0 Å². The Morgan fingerprint density at radius 3 is 2.57 bits per heavy atom. The predicted octanol–water partition coefficient (Wildman–Crippen LogP) is -3.79. The summed E-state index contributed by atoms with van der Waals surface area (Å²) in [7, 11) is 0. The summed E-state index contributed by atoms with van der Waals surface area (Å²) in [6.07, 6.45) is -4.30. The zero-order chi connectivity index (χ0) is 21.4. The average Bonchev–Trinajstić information content (AvgIpc) is 3.27. The molecule has 30 heavy (non-hydrogen) atoms. The fourth-order valence-corrected chi connectivity index (χ4v) is 3.95. The van der Waals surface area contributed by atoms with Gasteiger partial charge in [-0.1, -0.05) is 0 Å². The molecule has 6 N–H and O–H groups in total. The van der Waals surface area contributed by atoms with Crippen molar-refractivity contribution in [2.45, 2.75) is 30.6 Å². The van der Waals surface area contributed by atoms with Crippen LogP contribution in [0.3, 0.4) is 0 Å². The van der Waals surface area contributed by atoms with Gasteiger partial charge in [-0.3, -0.25) is 14.3 Å². The normalized spacial score (nSPS) is 29.0. The van der Waals surface area contributed by atoms with E-state index in [1.165, 1.54) is 10.9 Å². The lowest BCUT2D eigenvalue weighted by molar-refractivity contribution is -0.0505. The number of β-amino-alcohol motifs (C(OH)–C–C–N with tert-alkyl or cyclic N) is 1. The van der Waals surface area contributed by atoms with Crippen molar-refractivity contribution in [3.8, 4) is 0 Å². The number of aliphatic hydroxyl groups excluding tert-OH is 5. The number of hydrogen-bond acceptors (Lipinski definition) is 11. The molecule has 0 bridgehead atoms. The molecule has 0 aromatic carbocycles. The second-order valence-corrected chi connectivity index (χ2v) is 7.54. The summed E-state index contributed by atoms with van der Waals surface area (Å²) in [6, 6.07) is 0. The van der Waals surface area contributed by atoms with E-state index < -0.39 is 42.8 Å². The number of nitrogens with zero attached hydrogens (tertiary/aromatic N) is 5. The monoisotopic (exact) mass is 426 g/mol. The summed E-state index contributed by atoms with van der Waals surface area (Å²) in [5, 5.41) is 48.8. The predicted molar refractivity (Wildman–Crippen MR) is 103 cm³/mol. The third-order valence-electron chi connectivity index (χ3n) is 5.57. The van der Waals surface area contributed by atoms with Crippen molar-refractivity contribution in [1.29, 1.82) is 0 Å². The lowest BCUT2D eigenvalue weighted by Gasteiger charge is -2.36. The Morgan fingerprint density at radius 1 is 1.20 bits per heavy atom. The van der Waals surface area contributed by atoms with Gasteiger partial charge in [0.15, 0.2) is 17.4 Å². The fourth-order valence-electron chi connectivity index (χ4n) is 3.95. The van der Waals surface area contributed by atoms with E-state index in [-0.39, 0.29) is 17.8 Å². The van der Waals surface area contributed by atoms with Crippen LogP contribution in [0.4, 0.5) is 5.95 Å². The maximum absolute atomic E-state index is 12.3.